The van der Waals surface area contributed by atoms with Crippen LogP contribution in [0.5, 0.6) is 0 Å². The fourth-order valence-corrected chi connectivity index (χ4v) is 1.89. The number of rotatable bonds is 3. The van der Waals surface area contributed by atoms with Gasteiger partial charge in [-0.1, -0.05) is 20.8 Å². The molecule has 0 radical (unpaired) electrons. The standard InChI is InChI=1S/C14H19N5/c1-14(2,3)12-10-11-13(18(4)8-5-6-15)16-7-9-19(11)17-12/h7,9-10H,5,8H2,1-4H3. The molecule has 0 saturated heterocycles. The first-order valence-corrected chi connectivity index (χ1v) is 6.36. The number of anilines is 1. The summed E-state index contributed by atoms with van der Waals surface area (Å²) in [5, 5.41) is 13.3. The lowest BCUT2D eigenvalue weighted by atomic mass is 9.92. The van der Waals surface area contributed by atoms with Crippen molar-refractivity contribution >= 4 is 11.3 Å². The van der Waals surface area contributed by atoms with E-state index in [0.717, 1.165) is 17.0 Å². The van der Waals surface area contributed by atoms with Crippen LogP contribution in [0.1, 0.15) is 32.9 Å². The average Bonchev–Trinajstić information content (AvgIpc) is 2.79. The Morgan fingerprint density at radius 2 is 2.16 bits per heavy atom. The highest BCUT2D eigenvalue weighted by molar-refractivity contribution is 5.69. The van der Waals surface area contributed by atoms with Crippen molar-refractivity contribution in [3.05, 3.63) is 24.2 Å². The Bertz CT molecular complexity index is 615. The molecule has 2 heterocycles. The first kappa shape index (κ1) is 13.3. The number of aromatic nitrogens is 3. The van der Waals surface area contributed by atoms with Crippen LogP contribution in [0.25, 0.3) is 5.52 Å². The van der Waals surface area contributed by atoms with E-state index in [1.165, 1.54) is 0 Å². The predicted octanol–water partition coefficient (Wildman–Crippen LogP) is 2.38. The zero-order valence-electron chi connectivity index (χ0n) is 11.9. The molecule has 2 aromatic rings. The molecule has 0 amide bonds. The fraction of sp³-hybridized carbons (Fsp3) is 0.500. The number of nitriles is 1. The maximum atomic E-state index is 8.67. The minimum atomic E-state index is 0.00845. The molecule has 0 saturated carbocycles. The summed E-state index contributed by atoms with van der Waals surface area (Å²) in [7, 11) is 1.95. The van der Waals surface area contributed by atoms with E-state index >= 15 is 0 Å². The summed E-state index contributed by atoms with van der Waals surface area (Å²) in [5.74, 6) is 0.862. The third-order valence-corrected chi connectivity index (χ3v) is 3.06. The van der Waals surface area contributed by atoms with Crippen LogP contribution < -0.4 is 4.90 Å². The number of nitrogens with zero attached hydrogens (tertiary/aromatic N) is 5. The van der Waals surface area contributed by atoms with Gasteiger partial charge in [0, 0.05) is 31.4 Å². The topological polar surface area (TPSA) is 57.2 Å². The van der Waals surface area contributed by atoms with Crippen LogP contribution in [0.4, 0.5) is 5.82 Å². The summed E-state index contributed by atoms with van der Waals surface area (Å²) in [5.41, 5.74) is 2.03. The maximum absolute atomic E-state index is 8.67. The zero-order chi connectivity index (χ0) is 14.0. The van der Waals surface area contributed by atoms with E-state index < -0.39 is 0 Å². The van der Waals surface area contributed by atoms with Crippen molar-refractivity contribution in [2.24, 2.45) is 0 Å². The quantitative estimate of drug-likeness (QED) is 0.847. The molecular formula is C14H19N5. The summed E-state index contributed by atoms with van der Waals surface area (Å²) >= 11 is 0. The van der Waals surface area contributed by atoms with Crippen molar-refractivity contribution in [3.63, 3.8) is 0 Å². The largest absolute Gasteiger partial charge is 0.357 e. The van der Waals surface area contributed by atoms with Crippen LogP contribution in [-0.2, 0) is 5.41 Å². The van der Waals surface area contributed by atoms with Gasteiger partial charge in [0.05, 0.1) is 18.2 Å². The molecule has 0 unspecified atom stereocenters. The molecule has 5 heteroatoms. The summed E-state index contributed by atoms with van der Waals surface area (Å²) in [6, 6.07) is 4.23. The van der Waals surface area contributed by atoms with Gasteiger partial charge in [0.15, 0.2) is 5.82 Å². The van der Waals surface area contributed by atoms with E-state index in [4.69, 9.17) is 5.26 Å². The van der Waals surface area contributed by atoms with Gasteiger partial charge in [0.25, 0.3) is 0 Å². The first-order chi connectivity index (χ1) is 8.93. The monoisotopic (exact) mass is 257 g/mol. The van der Waals surface area contributed by atoms with Crippen LogP contribution >= 0.6 is 0 Å². The predicted molar refractivity (Wildman–Crippen MR) is 75.2 cm³/mol. The highest BCUT2D eigenvalue weighted by Gasteiger charge is 2.19. The third-order valence-electron chi connectivity index (χ3n) is 3.06. The molecule has 0 atom stereocenters. The second-order valence-corrected chi connectivity index (χ2v) is 5.69. The molecule has 0 aliphatic rings. The lowest BCUT2D eigenvalue weighted by Crippen LogP contribution is -2.20. The molecule has 19 heavy (non-hydrogen) atoms. The SMILES string of the molecule is CN(CCC#N)c1nccn2nc(C(C)(C)C)cc12. The van der Waals surface area contributed by atoms with Gasteiger partial charge in [0.1, 0.15) is 5.52 Å². The van der Waals surface area contributed by atoms with Gasteiger partial charge in [-0.05, 0) is 6.07 Å². The van der Waals surface area contributed by atoms with Gasteiger partial charge >= 0.3 is 0 Å². The highest BCUT2D eigenvalue weighted by Crippen LogP contribution is 2.25. The van der Waals surface area contributed by atoms with Crippen LogP contribution in [0.2, 0.25) is 0 Å². The van der Waals surface area contributed by atoms with Gasteiger partial charge in [0.2, 0.25) is 0 Å². The van der Waals surface area contributed by atoms with Crippen molar-refractivity contribution in [1.82, 2.24) is 14.6 Å². The Morgan fingerprint density at radius 1 is 1.42 bits per heavy atom. The number of hydrogen-bond donors (Lipinski definition) is 0. The van der Waals surface area contributed by atoms with E-state index in [1.54, 1.807) is 6.20 Å². The Hall–Kier alpha value is -2.09. The summed E-state index contributed by atoms with van der Waals surface area (Å²) in [6.07, 6.45) is 4.08. The van der Waals surface area contributed by atoms with E-state index in [-0.39, 0.29) is 5.41 Å². The second kappa shape index (κ2) is 4.88. The lowest BCUT2D eigenvalue weighted by Gasteiger charge is -2.16. The summed E-state index contributed by atoms with van der Waals surface area (Å²) in [4.78, 5) is 6.40. The molecule has 0 spiro atoms. The molecule has 0 aliphatic heterocycles. The molecule has 0 fully saturated rings. The minimum Gasteiger partial charge on any atom is -0.357 e. The maximum Gasteiger partial charge on any atom is 0.154 e. The van der Waals surface area contributed by atoms with Gasteiger partial charge < -0.3 is 4.90 Å². The van der Waals surface area contributed by atoms with Crippen LogP contribution in [0.15, 0.2) is 18.5 Å². The van der Waals surface area contributed by atoms with Crippen LogP contribution in [0, 0.1) is 11.3 Å². The molecule has 100 valence electrons. The lowest BCUT2D eigenvalue weighted by molar-refractivity contribution is 0.562. The average molecular weight is 257 g/mol. The Morgan fingerprint density at radius 3 is 2.79 bits per heavy atom. The highest BCUT2D eigenvalue weighted by atomic mass is 15.3. The molecule has 5 nitrogen and oxygen atoms in total. The normalized spacial score (nSPS) is 11.5. The van der Waals surface area contributed by atoms with E-state index in [2.05, 4.69) is 43.0 Å². The zero-order valence-corrected chi connectivity index (χ0v) is 11.9. The number of fused-ring (bicyclic) bond motifs is 1. The van der Waals surface area contributed by atoms with Crippen molar-refractivity contribution in [2.45, 2.75) is 32.6 Å². The fourth-order valence-electron chi connectivity index (χ4n) is 1.89. The molecule has 0 bridgehead atoms. The Balaban J connectivity index is 2.45. The minimum absolute atomic E-state index is 0.00845. The molecular weight excluding hydrogens is 238 g/mol. The molecule has 2 aromatic heterocycles. The Kier molecular flexibility index (Phi) is 3.43. The van der Waals surface area contributed by atoms with E-state index in [0.29, 0.717) is 13.0 Å². The molecule has 0 aromatic carbocycles. The van der Waals surface area contributed by atoms with E-state index in [9.17, 15) is 0 Å². The van der Waals surface area contributed by atoms with Gasteiger partial charge in [-0.25, -0.2) is 9.50 Å². The first-order valence-electron chi connectivity index (χ1n) is 6.36. The van der Waals surface area contributed by atoms with Crippen molar-refractivity contribution in [2.75, 3.05) is 18.5 Å². The second-order valence-electron chi connectivity index (χ2n) is 5.69. The summed E-state index contributed by atoms with van der Waals surface area (Å²) < 4.78 is 1.85. The Labute approximate surface area is 113 Å². The van der Waals surface area contributed by atoms with Gasteiger partial charge in [-0.3, -0.25) is 0 Å². The van der Waals surface area contributed by atoms with Crippen molar-refractivity contribution < 1.29 is 0 Å². The van der Waals surface area contributed by atoms with Crippen LogP contribution in [0.3, 0.4) is 0 Å². The van der Waals surface area contributed by atoms with E-state index in [1.807, 2.05) is 22.7 Å². The van der Waals surface area contributed by atoms with Gasteiger partial charge in [-0.2, -0.15) is 10.4 Å². The molecule has 0 N–H and O–H groups in total. The van der Waals surface area contributed by atoms with Crippen molar-refractivity contribution in [3.8, 4) is 6.07 Å². The number of hydrogen-bond acceptors (Lipinski definition) is 4. The molecule has 2 rings (SSSR count). The summed E-state index contributed by atoms with van der Waals surface area (Å²) in [6.45, 7) is 7.09. The third kappa shape index (κ3) is 2.68. The van der Waals surface area contributed by atoms with Crippen LogP contribution in [-0.4, -0.2) is 28.2 Å². The smallest absolute Gasteiger partial charge is 0.154 e. The molecule has 0 aliphatic carbocycles. The van der Waals surface area contributed by atoms with Gasteiger partial charge in [-0.15, -0.1) is 0 Å². The van der Waals surface area contributed by atoms with Crippen molar-refractivity contribution in [1.29, 1.82) is 5.26 Å².